The zero-order valence-corrected chi connectivity index (χ0v) is 20.3. The van der Waals surface area contributed by atoms with Crippen LogP contribution < -0.4 is 10.2 Å². The second kappa shape index (κ2) is 9.52. The van der Waals surface area contributed by atoms with E-state index >= 15 is 0 Å². The summed E-state index contributed by atoms with van der Waals surface area (Å²) in [6.07, 6.45) is 2.67. The summed E-state index contributed by atoms with van der Waals surface area (Å²) in [6, 6.07) is 23.3. The maximum absolute atomic E-state index is 12.9. The number of aromatic nitrogens is 2. The highest BCUT2D eigenvalue weighted by atomic mass is 32.2. The van der Waals surface area contributed by atoms with E-state index in [0.717, 1.165) is 44.7 Å². The minimum atomic E-state index is -3.59. The number of hydrogen-bond donors (Lipinski definition) is 1. The predicted octanol–water partition coefficient (Wildman–Crippen LogP) is 3.31. The number of hydrogen-bond acceptors (Lipinski definition) is 6. The molecule has 0 aliphatic carbocycles. The summed E-state index contributed by atoms with van der Waals surface area (Å²) < 4.78 is 25.7. The zero-order chi connectivity index (χ0) is 24.4. The van der Waals surface area contributed by atoms with Crippen molar-refractivity contribution in [3.8, 4) is 0 Å². The number of nitrogens with one attached hydrogen (secondary N) is 1. The van der Waals surface area contributed by atoms with Crippen molar-refractivity contribution in [3.05, 3.63) is 90.3 Å². The van der Waals surface area contributed by atoms with E-state index in [1.807, 2.05) is 30.3 Å². The summed E-state index contributed by atoms with van der Waals surface area (Å²) in [5.41, 5.74) is 3.57. The smallest absolute Gasteiger partial charge is 0.276 e. The van der Waals surface area contributed by atoms with Gasteiger partial charge in [0.1, 0.15) is 0 Å². The first-order valence-electron chi connectivity index (χ1n) is 11.5. The molecule has 35 heavy (non-hydrogen) atoms. The molecule has 5 rings (SSSR count). The molecule has 1 saturated heterocycles. The fourth-order valence-electron chi connectivity index (χ4n) is 4.39. The number of piperazine rings is 1. The van der Waals surface area contributed by atoms with Crippen molar-refractivity contribution in [1.29, 1.82) is 0 Å². The molecule has 0 unspecified atom stereocenters. The largest absolute Gasteiger partial charge is 0.369 e. The highest BCUT2D eigenvalue weighted by molar-refractivity contribution is 7.90. The average Bonchev–Trinajstić information content (AvgIpc) is 3.26. The molecule has 0 bridgehead atoms. The number of anilines is 2. The van der Waals surface area contributed by atoms with Crippen molar-refractivity contribution in [1.82, 2.24) is 14.3 Å². The van der Waals surface area contributed by atoms with Gasteiger partial charge in [-0.15, -0.1) is 0 Å². The third-order valence-electron chi connectivity index (χ3n) is 6.17. The molecule has 0 spiro atoms. The van der Waals surface area contributed by atoms with Crippen LogP contribution in [-0.2, 0) is 16.4 Å². The van der Waals surface area contributed by atoms with Crippen LogP contribution >= 0.6 is 0 Å². The normalized spacial score (nSPS) is 14.8. The maximum Gasteiger partial charge on any atom is 0.276 e. The standard InChI is InChI=1S/C26H27N5O3S/c1-35(33,34)26-28-24(23-9-5-6-14-31(23)26)25(32)27-21-10-12-22(13-11-21)30-17-15-29(16-18-30)19-20-7-3-2-4-8-20/h2-14H,15-19H2,1H3,(H,27,32). The maximum atomic E-state index is 12.9. The Morgan fingerprint density at radius 3 is 2.29 bits per heavy atom. The molecule has 0 atom stereocenters. The number of fused-ring (bicyclic) bond motifs is 1. The zero-order valence-electron chi connectivity index (χ0n) is 19.5. The molecular formula is C26H27N5O3S. The molecule has 8 nitrogen and oxygen atoms in total. The van der Waals surface area contributed by atoms with Gasteiger partial charge >= 0.3 is 0 Å². The molecule has 180 valence electrons. The van der Waals surface area contributed by atoms with Crippen LogP contribution in [0.4, 0.5) is 11.4 Å². The van der Waals surface area contributed by atoms with Crippen LogP contribution in [0.3, 0.4) is 0 Å². The van der Waals surface area contributed by atoms with Gasteiger partial charge in [0.15, 0.2) is 5.69 Å². The fraction of sp³-hybridized carbons (Fsp3) is 0.231. The van der Waals surface area contributed by atoms with Crippen LogP contribution in [0.1, 0.15) is 16.1 Å². The van der Waals surface area contributed by atoms with Crippen LogP contribution in [-0.4, -0.2) is 61.0 Å². The van der Waals surface area contributed by atoms with Crippen molar-refractivity contribution < 1.29 is 13.2 Å². The first-order valence-corrected chi connectivity index (χ1v) is 13.4. The number of rotatable bonds is 6. The third-order valence-corrected chi connectivity index (χ3v) is 7.13. The summed E-state index contributed by atoms with van der Waals surface area (Å²) in [6.45, 7) is 4.82. The minimum Gasteiger partial charge on any atom is -0.369 e. The van der Waals surface area contributed by atoms with E-state index in [-0.39, 0.29) is 10.9 Å². The van der Waals surface area contributed by atoms with Crippen molar-refractivity contribution >= 4 is 32.6 Å². The van der Waals surface area contributed by atoms with Crippen molar-refractivity contribution in [3.63, 3.8) is 0 Å². The first kappa shape index (κ1) is 23.1. The van der Waals surface area contributed by atoms with Crippen LogP contribution in [0.15, 0.2) is 84.1 Å². The lowest BCUT2D eigenvalue weighted by atomic mass is 10.2. The Labute approximate surface area is 204 Å². The van der Waals surface area contributed by atoms with Gasteiger partial charge in [0, 0.05) is 56.6 Å². The lowest BCUT2D eigenvalue weighted by Gasteiger charge is -2.36. The Kier molecular flexibility index (Phi) is 6.27. The highest BCUT2D eigenvalue weighted by Gasteiger charge is 2.23. The Hall–Kier alpha value is -3.69. The summed E-state index contributed by atoms with van der Waals surface area (Å²) in [5.74, 6) is -0.453. The first-order chi connectivity index (χ1) is 16.9. The average molecular weight is 490 g/mol. The molecule has 9 heteroatoms. The summed E-state index contributed by atoms with van der Waals surface area (Å²) >= 11 is 0. The third kappa shape index (κ3) is 5.06. The molecule has 3 heterocycles. The van der Waals surface area contributed by atoms with Crippen molar-refractivity contribution in [2.24, 2.45) is 0 Å². The lowest BCUT2D eigenvalue weighted by molar-refractivity contribution is 0.102. The molecule has 0 saturated carbocycles. The fourth-order valence-corrected chi connectivity index (χ4v) is 5.16. The second-order valence-electron chi connectivity index (χ2n) is 8.72. The van der Waals surface area contributed by atoms with Gasteiger partial charge in [0.2, 0.25) is 15.0 Å². The van der Waals surface area contributed by atoms with E-state index in [1.165, 1.54) is 9.96 Å². The SMILES string of the molecule is CS(=O)(=O)c1nc(C(=O)Nc2ccc(N3CCN(Cc4ccccc4)CC3)cc2)c2ccccn12. The van der Waals surface area contributed by atoms with Gasteiger partial charge in [0.25, 0.3) is 5.91 Å². The van der Waals surface area contributed by atoms with E-state index in [1.54, 1.807) is 24.4 Å². The quantitative estimate of drug-likeness (QED) is 0.447. The Balaban J connectivity index is 1.24. The number of benzene rings is 2. The number of imidazole rings is 1. The van der Waals surface area contributed by atoms with Gasteiger partial charge in [0.05, 0.1) is 5.52 Å². The van der Waals surface area contributed by atoms with E-state index in [2.05, 4.69) is 44.4 Å². The number of sulfone groups is 1. The van der Waals surface area contributed by atoms with Gasteiger partial charge in [-0.05, 0) is 42.0 Å². The summed E-state index contributed by atoms with van der Waals surface area (Å²) in [7, 11) is -3.59. The van der Waals surface area contributed by atoms with E-state index < -0.39 is 15.7 Å². The monoisotopic (exact) mass is 489 g/mol. The Bertz CT molecular complexity index is 1440. The van der Waals surface area contributed by atoms with E-state index in [9.17, 15) is 13.2 Å². The molecule has 1 fully saturated rings. The molecule has 0 radical (unpaired) electrons. The van der Waals surface area contributed by atoms with Crippen LogP contribution in [0.25, 0.3) is 5.52 Å². The highest BCUT2D eigenvalue weighted by Crippen LogP contribution is 2.22. The molecule has 1 amide bonds. The van der Waals surface area contributed by atoms with Crippen molar-refractivity contribution in [2.75, 3.05) is 42.7 Å². The molecule has 1 aliphatic rings. The molecule has 4 aromatic rings. The lowest BCUT2D eigenvalue weighted by Crippen LogP contribution is -2.45. The summed E-state index contributed by atoms with van der Waals surface area (Å²) in [4.78, 5) is 21.9. The minimum absolute atomic E-state index is 0.0737. The van der Waals surface area contributed by atoms with Crippen molar-refractivity contribution in [2.45, 2.75) is 11.7 Å². The van der Waals surface area contributed by atoms with Gasteiger partial charge in [-0.2, -0.15) is 0 Å². The van der Waals surface area contributed by atoms with Crippen LogP contribution in [0.5, 0.6) is 0 Å². The molecule has 1 aliphatic heterocycles. The number of nitrogens with zero attached hydrogens (tertiary/aromatic N) is 4. The van der Waals surface area contributed by atoms with E-state index in [0.29, 0.717) is 11.2 Å². The predicted molar refractivity (Wildman–Crippen MR) is 137 cm³/mol. The molecular weight excluding hydrogens is 462 g/mol. The second-order valence-corrected chi connectivity index (χ2v) is 10.6. The summed E-state index contributed by atoms with van der Waals surface area (Å²) in [5, 5.41) is 2.69. The van der Waals surface area contributed by atoms with Gasteiger partial charge in [-0.3, -0.25) is 14.1 Å². The Morgan fingerprint density at radius 1 is 0.914 bits per heavy atom. The topological polar surface area (TPSA) is 87.0 Å². The van der Waals surface area contributed by atoms with Crippen LogP contribution in [0.2, 0.25) is 0 Å². The number of carbonyl (C=O) groups is 1. The van der Waals surface area contributed by atoms with Gasteiger partial charge in [-0.1, -0.05) is 36.4 Å². The van der Waals surface area contributed by atoms with E-state index in [4.69, 9.17) is 0 Å². The molecule has 2 aromatic heterocycles. The van der Waals surface area contributed by atoms with Crippen LogP contribution in [0, 0.1) is 0 Å². The molecule has 1 N–H and O–H groups in total. The number of pyridine rings is 1. The number of amides is 1. The number of carbonyl (C=O) groups excluding carboxylic acids is 1. The molecule has 2 aromatic carbocycles. The van der Waals surface area contributed by atoms with Gasteiger partial charge < -0.3 is 10.2 Å². The Morgan fingerprint density at radius 2 is 1.60 bits per heavy atom. The van der Waals surface area contributed by atoms with Gasteiger partial charge in [-0.25, -0.2) is 13.4 Å².